The van der Waals surface area contributed by atoms with Gasteiger partial charge in [0.15, 0.2) is 0 Å². The van der Waals surface area contributed by atoms with Crippen LogP contribution >= 0.6 is 0 Å². The molecule has 0 aliphatic rings. The van der Waals surface area contributed by atoms with Crippen LogP contribution < -0.4 is 0 Å². The van der Waals surface area contributed by atoms with Crippen molar-refractivity contribution in [2.24, 2.45) is 0 Å². The highest BCUT2D eigenvalue weighted by Gasteiger charge is 1.93. The Hall–Kier alpha value is -0.860. The van der Waals surface area contributed by atoms with Crippen LogP contribution in [-0.2, 0) is 14.3 Å². The van der Waals surface area contributed by atoms with Crippen LogP contribution in [0.2, 0.25) is 0 Å². The lowest BCUT2D eigenvalue weighted by Crippen LogP contribution is -2.03. The van der Waals surface area contributed by atoms with Gasteiger partial charge in [-0.15, -0.1) is 0 Å². The number of ether oxygens (including phenoxy) is 1. The molecule has 0 amide bonds. The highest BCUT2D eigenvalue weighted by molar-refractivity contribution is 5.82. The molecule has 0 rings (SSSR count). The fourth-order valence-electron chi connectivity index (χ4n) is 0.131. The van der Waals surface area contributed by atoms with Crippen LogP contribution in [0.1, 0.15) is 17.9 Å². The molecule has 0 aromatic rings. The molecule has 3 heteroatoms. The smallest absolute Gasteiger partial charge is 0.310 e. The average molecular weight is 105 g/mol. The van der Waals surface area contributed by atoms with Gasteiger partial charge < -0.3 is 4.74 Å². The third-order valence-corrected chi connectivity index (χ3v) is 0.236. The van der Waals surface area contributed by atoms with Gasteiger partial charge in [0, 0.05) is 17.9 Å². The highest BCUT2D eigenvalue weighted by atomic mass is 16.6. The molecule has 0 saturated carbocycles. The van der Waals surface area contributed by atoms with E-state index in [0.29, 0.717) is 0 Å². The molecule has 0 aromatic carbocycles. The molecule has 0 bridgehead atoms. The Balaban J connectivity index is 3.99. The summed E-state index contributed by atoms with van der Waals surface area (Å²) in [6, 6.07) is 0. The van der Waals surface area contributed by atoms with Gasteiger partial charge in [-0.2, -0.15) is 0 Å². The van der Waals surface area contributed by atoms with Crippen LogP contribution in [0.4, 0.5) is 0 Å². The molecule has 0 fully saturated rings. The first kappa shape index (κ1) is 2.45. The van der Waals surface area contributed by atoms with Gasteiger partial charge in [0.25, 0.3) is 0 Å². The van der Waals surface area contributed by atoms with Gasteiger partial charge >= 0.3 is 11.9 Å². The second-order valence-electron chi connectivity index (χ2n) is 0.881. The van der Waals surface area contributed by atoms with E-state index in [-0.39, 0.29) is 0 Å². The summed E-state index contributed by atoms with van der Waals surface area (Å²) in [6.07, 6.45) is 0. The molecule has 0 radical (unpaired) electrons. The van der Waals surface area contributed by atoms with Crippen LogP contribution in [0.15, 0.2) is 0 Å². The SMILES string of the molecule is [2H]C([2H])([2H])C(=O)OC(C)=O. The van der Waals surface area contributed by atoms with Crippen LogP contribution in [0.5, 0.6) is 0 Å². The minimum atomic E-state index is -2.84. The standard InChI is InChI=1S/C4H6O3/c1-3(5)7-4(2)6/h1-2H3/i1D3. The van der Waals surface area contributed by atoms with E-state index in [2.05, 4.69) is 4.74 Å². The van der Waals surface area contributed by atoms with E-state index in [9.17, 15) is 9.59 Å². The fraction of sp³-hybridized carbons (Fsp3) is 0.500. The first-order chi connectivity index (χ1) is 4.34. The molecular weight excluding hydrogens is 96.0 g/mol. The van der Waals surface area contributed by atoms with Crippen LogP contribution in [-0.4, -0.2) is 11.9 Å². The predicted molar refractivity (Wildman–Crippen MR) is 22.4 cm³/mol. The number of hydrogen-bond donors (Lipinski definition) is 0. The Bertz CT molecular complexity index is 160. The molecule has 0 unspecified atom stereocenters. The van der Waals surface area contributed by atoms with Crippen molar-refractivity contribution < 1.29 is 18.4 Å². The van der Waals surface area contributed by atoms with E-state index in [1.54, 1.807) is 0 Å². The maximum Gasteiger partial charge on any atom is 0.310 e. The van der Waals surface area contributed by atoms with Crippen LogP contribution in [0.3, 0.4) is 0 Å². The molecule has 0 saturated heterocycles. The van der Waals surface area contributed by atoms with Crippen molar-refractivity contribution in [2.75, 3.05) is 0 Å². The molecule has 0 aromatic heterocycles. The lowest BCUT2D eigenvalue weighted by molar-refractivity contribution is -0.156. The normalized spacial score (nSPS) is 15.9. The summed E-state index contributed by atoms with van der Waals surface area (Å²) < 4.78 is 23.1. The van der Waals surface area contributed by atoms with Crippen molar-refractivity contribution in [1.29, 1.82) is 0 Å². The monoisotopic (exact) mass is 105 g/mol. The van der Waals surface area contributed by atoms with Gasteiger partial charge in [-0.25, -0.2) is 0 Å². The van der Waals surface area contributed by atoms with Crippen molar-refractivity contribution in [1.82, 2.24) is 0 Å². The summed E-state index contributed by atoms with van der Waals surface area (Å²) in [6.45, 7) is -1.88. The van der Waals surface area contributed by atoms with Crippen LogP contribution in [0.25, 0.3) is 0 Å². The molecule has 0 heterocycles. The number of rotatable bonds is 0. The molecule has 40 valence electrons. The van der Waals surface area contributed by atoms with Crippen molar-refractivity contribution in [3.05, 3.63) is 0 Å². The average Bonchev–Trinajstić information content (AvgIpc) is 1.60. The Morgan fingerprint density at radius 1 is 1.57 bits per heavy atom. The summed E-state index contributed by atoms with van der Waals surface area (Å²) in [4.78, 5) is 20.3. The lowest BCUT2D eigenvalue weighted by atomic mass is 10.7. The zero-order chi connectivity index (χ0) is 8.36. The van der Waals surface area contributed by atoms with Crippen molar-refractivity contribution in [2.45, 2.75) is 13.8 Å². The molecule has 3 nitrogen and oxygen atoms in total. The minimum Gasteiger partial charge on any atom is -0.394 e. The Kier molecular flexibility index (Phi) is 0.817. The Morgan fingerprint density at radius 2 is 2.14 bits per heavy atom. The lowest BCUT2D eigenvalue weighted by Gasteiger charge is -1.87. The summed E-state index contributed by atoms with van der Waals surface area (Å²) in [5.41, 5.74) is 0. The third kappa shape index (κ3) is 5.14. The number of carbonyl (C=O) groups excluding carboxylic acids is 2. The van der Waals surface area contributed by atoms with Gasteiger partial charge in [0.2, 0.25) is 0 Å². The van der Waals surface area contributed by atoms with E-state index in [1.165, 1.54) is 0 Å². The molecule has 0 aliphatic carbocycles. The highest BCUT2D eigenvalue weighted by Crippen LogP contribution is 1.73. The predicted octanol–water partition coefficient (Wildman–Crippen LogP) is 0.0960. The van der Waals surface area contributed by atoms with Crippen LogP contribution in [0, 0.1) is 0 Å². The molecule has 0 atom stereocenters. The molecule has 0 spiro atoms. The summed E-state index contributed by atoms with van der Waals surface area (Å²) >= 11 is 0. The first-order valence-corrected chi connectivity index (χ1v) is 1.57. The van der Waals surface area contributed by atoms with Gasteiger partial charge in [0.05, 0.1) is 0 Å². The zero-order valence-corrected chi connectivity index (χ0v) is 3.72. The van der Waals surface area contributed by atoms with E-state index < -0.39 is 18.8 Å². The quantitative estimate of drug-likeness (QED) is 0.324. The second-order valence-corrected chi connectivity index (χ2v) is 0.881. The van der Waals surface area contributed by atoms with Crippen molar-refractivity contribution in [3.63, 3.8) is 0 Å². The van der Waals surface area contributed by atoms with Gasteiger partial charge in [0.1, 0.15) is 0 Å². The first-order valence-electron chi connectivity index (χ1n) is 3.07. The maximum atomic E-state index is 10.3. The number of carbonyl (C=O) groups is 2. The topological polar surface area (TPSA) is 43.4 Å². The van der Waals surface area contributed by atoms with Gasteiger partial charge in [-0.3, -0.25) is 9.59 Å². The van der Waals surface area contributed by atoms with E-state index in [1.807, 2.05) is 0 Å². The van der Waals surface area contributed by atoms with Crippen molar-refractivity contribution in [3.8, 4) is 0 Å². The van der Waals surface area contributed by atoms with Crippen molar-refractivity contribution >= 4 is 11.9 Å². The van der Waals surface area contributed by atoms with E-state index >= 15 is 0 Å². The van der Waals surface area contributed by atoms with Gasteiger partial charge in [-0.1, -0.05) is 0 Å². The summed E-state index contributed by atoms with van der Waals surface area (Å²) in [5.74, 6) is -2.40. The van der Waals surface area contributed by atoms with E-state index in [4.69, 9.17) is 4.11 Å². The van der Waals surface area contributed by atoms with Gasteiger partial charge in [-0.05, 0) is 0 Å². The minimum absolute atomic E-state index is 0.916. The molecular formula is C4H6O3. The number of hydrogen-bond acceptors (Lipinski definition) is 3. The number of esters is 2. The molecule has 0 N–H and O–H groups in total. The summed E-state index contributed by atoms with van der Waals surface area (Å²) in [7, 11) is 0. The maximum absolute atomic E-state index is 10.3. The van der Waals surface area contributed by atoms with E-state index in [0.717, 1.165) is 6.92 Å². The molecule has 0 aliphatic heterocycles. The zero-order valence-electron chi connectivity index (χ0n) is 6.72. The third-order valence-electron chi connectivity index (χ3n) is 0.236. The Labute approximate surface area is 45.5 Å². The summed E-state index contributed by atoms with van der Waals surface area (Å²) in [5, 5.41) is 0. The fourth-order valence-corrected chi connectivity index (χ4v) is 0.131. The Morgan fingerprint density at radius 3 is 2.29 bits per heavy atom. The largest absolute Gasteiger partial charge is 0.394 e. The second kappa shape index (κ2) is 2.34. The molecule has 7 heavy (non-hydrogen) atoms.